The van der Waals surface area contributed by atoms with Gasteiger partial charge in [0.05, 0.1) is 11.4 Å². The summed E-state index contributed by atoms with van der Waals surface area (Å²) in [7, 11) is -3.32. The Morgan fingerprint density at radius 3 is 2.75 bits per heavy atom. The number of thiazole rings is 1. The summed E-state index contributed by atoms with van der Waals surface area (Å²) in [6.45, 7) is 4.48. The summed E-state index contributed by atoms with van der Waals surface area (Å²) in [5.41, 5.74) is 2.80. The lowest BCUT2D eigenvalue weighted by Crippen LogP contribution is -2.27. The Bertz CT molecular complexity index is 781. The third-order valence-corrected chi connectivity index (χ3v) is 6.51. The Morgan fingerprint density at radius 1 is 1.25 bits per heavy atom. The van der Waals surface area contributed by atoms with Gasteiger partial charge in [-0.05, 0) is 30.9 Å². The van der Waals surface area contributed by atoms with Gasteiger partial charge < -0.3 is 4.90 Å². The smallest absolute Gasteiger partial charge is 0.215 e. The Morgan fingerprint density at radius 2 is 2.00 bits per heavy atom. The molecule has 0 unspecified atom stereocenters. The Labute approximate surface area is 147 Å². The fourth-order valence-corrected chi connectivity index (χ4v) is 4.99. The van der Waals surface area contributed by atoms with Gasteiger partial charge in [-0.3, -0.25) is 0 Å². The van der Waals surface area contributed by atoms with Gasteiger partial charge in [0.1, 0.15) is 0 Å². The highest BCUT2D eigenvalue weighted by Gasteiger charge is 2.16. The van der Waals surface area contributed by atoms with E-state index >= 15 is 0 Å². The zero-order valence-corrected chi connectivity index (χ0v) is 15.5. The first-order valence-corrected chi connectivity index (χ1v) is 10.8. The van der Waals surface area contributed by atoms with Crippen LogP contribution in [0.1, 0.15) is 29.7 Å². The molecule has 1 N–H and O–H groups in total. The molecule has 0 saturated carbocycles. The molecule has 1 aromatic heterocycles. The van der Waals surface area contributed by atoms with Gasteiger partial charge >= 0.3 is 0 Å². The number of nitrogens with one attached hydrogen (secondary N) is 1. The number of benzene rings is 1. The minimum atomic E-state index is -3.32. The van der Waals surface area contributed by atoms with Gasteiger partial charge in [-0.15, -0.1) is 11.3 Å². The molecular weight excluding hydrogens is 342 g/mol. The van der Waals surface area contributed by atoms with E-state index in [0.717, 1.165) is 35.0 Å². The molecule has 2 heterocycles. The molecule has 5 nitrogen and oxygen atoms in total. The van der Waals surface area contributed by atoms with E-state index in [4.69, 9.17) is 0 Å². The van der Waals surface area contributed by atoms with Gasteiger partial charge in [0.15, 0.2) is 5.13 Å². The van der Waals surface area contributed by atoms with Crippen LogP contribution in [0.4, 0.5) is 5.13 Å². The quantitative estimate of drug-likeness (QED) is 0.819. The molecule has 1 saturated heterocycles. The standard InChI is InChI=1S/C17H23N3O2S2/c1-14-6-2-3-7-15(14)13-24(21,22)18-9-8-16-12-23-17(19-16)20-10-4-5-11-20/h2-3,6-7,12,18H,4-5,8-11,13H2,1H3. The number of sulfonamides is 1. The molecule has 0 bridgehead atoms. The van der Waals surface area contributed by atoms with Crippen molar-refractivity contribution in [3.8, 4) is 0 Å². The summed E-state index contributed by atoms with van der Waals surface area (Å²) in [5.74, 6) is 0.0236. The first-order valence-electron chi connectivity index (χ1n) is 8.25. The first-order chi connectivity index (χ1) is 11.5. The van der Waals surface area contributed by atoms with Crippen LogP contribution >= 0.6 is 11.3 Å². The van der Waals surface area contributed by atoms with Gasteiger partial charge in [0, 0.05) is 31.4 Å². The second-order valence-electron chi connectivity index (χ2n) is 6.15. The molecule has 1 aliphatic rings. The van der Waals surface area contributed by atoms with Gasteiger partial charge in [-0.2, -0.15) is 0 Å². The number of aryl methyl sites for hydroxylation is 1. The fraction of sp³-hybridized carbons (Fsp3) is 0.471. The number of rotatable bonds is 7. The summed E-state index contributed by atoms with van der Waals surface area (Å²) in [4.78, 5) is 6.92. The second kappa shape index (κ2) is 7.63. The summed E-state index contributed by atoms with van der Waals surface area (Å²) in [6, 6.07) is 7.57. The van der Waals surface area contributed by atoms with E-state index in [1.807, 2.05) is 36.6 Å². The zero-order chi connectivity index (χ0) is 17.0. The molecule has 1 aliphatic heterocycles. The number of nitrogens with zero attached hydrogens (tertiary/aromatic N) is 2. The van der Waals surface area contributed by atoms with Crippen LogP contribution in [0.15, 0.2) is 29.6 Å². The van der Waals surface area contributed by atoms with Crippen LogP contribution in [0, 0.1) is 6.92 Å². The second-order valence-corrected chi connectivity index (χ2v) is 8.79. The van der Waals surface area contributed by atoms with Crippen LogP contribution in [0.2, 0.25) is 0 Å². The van der Waals surface area contributed by atoms with Gasteiger partial charge in [-0.25, -0.2) is 18.1 Å². The van der Waals surface area contributed by atoms with Crippen molar-refractivity contribution in [1.29, 1.82) is 0 Å². The van der Waals surface area contributed by atoms with Crippen LogP contribution in [-0.4, -0.2) is 33.0 Å². The predicted molar refractivity (Wildman–Crippen MR) is 99.1 cm³/mol. The number of aromatic nitrogens is 1. The fourth-order valence-electron chi connectivity index (χ4n) is 2.83. The average molecular weight is 366 g/mol. The number of hydrogen-bond donors (Lipinski definition) is 1. The van der Waals surface area contributed by atoms with E-state index in [1.165, 1.54) is 12.8 Å². The number of hydrogen-bond acceptors (Lipinski definition) is 5. The van der Waals surface area contributed by atoms with Crippen LogP contribution in [0.5, 0.6) is 0 Å². The first kappa shape index (κ1) is 17.4. The van der Waals surface area contributed by atoms with Crippen LogP contribution < -0.4 is 9.62 Å². The normalized spacial score (nSPS) is 15.1. The highest BCUT2D eigenvalue weighted by Crippen LogP contribution is 2.24. The third-order valence-electron chi connectivity index (χ3n) is 4.23. The molecule has 1 aromatic carbocycles. The minimum Gasteiger partial charge on any atom is -0.348 e. The highest BCUT2D eigenvalue weighted by atomic mass is 32.2. The largest absolute Gasteiger partial charge is 0.348 e. The maximum Gasteiger partial charge on any atom is 0.215 e. The van der Waals surface area contributed by atoms with Crippen LogP contribution in [-0.2, 0) is 22.2 Å². The van der Waals surface area contributed by atoms with Crippen molar-refractivity contribution < 1.29 is 8.42 Å². The molecule has 0 spiro atoms. The van der Waals surface area contributed by atoms with E-state index in [1.54, 1.807) is 11.3 Å². The SMILES string of the molecule is Cc1ccccc1CS(=O)(=O)NCCc1csc(N2CCCC2)n1. The Balaban J connectivity index is 1.51. The molecule has 7 heteroatoms. The minimum absolute atomic E-state index is 0.0236. The predicted octanol–water partition coefficient (Wildman–Crippen LogP) is 2.71. The molecule has 0 radical (unpaired) electrons. The van der Waals surface area contributed by atoms with Gasteiger partial charge in [0.2, 0.25) is 10.0 Å². The van der Waals surface area contributed by atoms with Crippen LogP contribution in [0.25, 0.3) is 0 Å². The highest BCUT2D eigenvalue weighted by molar-refractivity contribution is 7.88. The van der Waals surface area contributed by atoms with E-state index in [2.05, 4.69) is 14.6 Å². The molecule has 130 valence electrons. The molecular formula is C17H23N3O2S2. The van der Waals surface area contributed by atoms with Crippen molar-refractivity contribution >= 4 is 26.5 Å². The van der Waals surface area contributed by atoms with Crippen molar-refractivity contribution in [2.24, 2.45) is 0 Å². The topological polar surface area (TPSA) is 62.3 Å². The summed E-state index contributed by atoms with van der Waals surface area (Å²) < 4.78 is 27.1. The van der Waals surface area contributed by atoms with Crippen molar-refractivity contribution in [2.45, 2.75) is 31.9 Å². The Kier molecular flexibility index (Phi) is 5.53. The number of anilines is 1. The third kappa shape index (κ3) is 4.55. The van der Waals surface area contributed by atoms with E-state index in [9.17, 15) is 8.42 Å². The lowest BCUT2D eigenvalue weighted by atomic mass is 10.1. The van der Waals surface area contributed by atoms with E-state index < -0.39 is 10.0 Å². The molecule has 0 aliphatic carbocycles. The molecule has 2 aromatic rings. The molecule has 3 rings (SSSR count). The monoisotopic (exact) mass is 365 g/mol. The lowest BCUT2D eigenvalue weighted by Gasteiger charge is -2.12. The molecule has 24 heavy (non-hydrogen) atoms. The molecule has 0 atom stereocenters. The summed E-state index contributed by atoms with van der Waals surface area (Å²) >= 11 is 1.65. The van der Waals surface area contributed by atoms with E-state index in [0.29, 0.717) is 13.0 Å². The van der Waals surface area contributed by atoms with Crippen molar-refractivity contribution in [1.82, 2.24) is 9.71 Å². The maximum absolute atomic E-state index is 12.2. The summed E-state index contributed by atoms with van der Waals surface area (Å²) in [5, 5.41) is 3.09. The summed E-state index contributed by atoms with van der Waals surface area (Å²) in [6.07, 6.45) is 3.08. The van der Waals surface area contributed by atoms with Crippen molar-refractivity contribution in [2.75, 3.05) is 24.5 Å². The van der Waals surface area contributed by atoms with Gasteiger partial charge in [0.25, 0.3) is 0 Å². The average Bonchev–Trinajstić information content (AvgIpc) is 3.20. The zero-order valence-electron chi connectivity index (χ0n) is 13.9. The Hall–Kier alpha value is -1.44. The van der Waals surface area contributed by atoms with E-state index in [-0.39, 0.29) is 5.75 Å². The van der Waals surface area contributed by atoms with Gasteiger partial charge in [-0.1, -0.05) is 24.3 Å². The molecule has 0 amide bonds. The van der Waals surface area contributed by atoms with Crippen molar-refractivity contribution in [3.05, 3.63) is 46.5 Å². The maximum atomic E-state index is 12.2. The van der Waals surface area contributed by atoms with Crippen molar-refractivity contribution in [3.63, 3.8) is 0 Å². The van der Waals surface area contributed by atoms with Crippen LogP contribution in [0.3, 0.4) is 0 Å². The molecule has 1 fully saturated rings. The lowest BCUT2D eigenvalue weighted by molar-refractivity contribution is 0.580.